The zero-order valence-corrected chi connectivity index (χ0v) is 7.55. The number of likely N-dealkylation sites (tertiary alicyclic amines) is 1. The van der Waals surface area contributed by atoms with Crippen molar-refractivity contribution in [3.8, 4) is 0 Å². The van der Waals surface area contributed by atoms with Crippen molar-refractivity contribution in [1.82, 2.24) is 4.90 Å². The smallest absolute Gasteiger partial charge is 0.000926 e. The van der Waals surface area contributed by atoms with Crippen LogP contribution in [0.3, 0.4) is 0 Å². The van der Waals surface area contributed by atoms with Gasteiger partial charge in [-0.05, 0) is 38.3 Å². The van der Waals surface area contributed by atoms with Crippen molar-refractivity contribution < 1.29 is 0 Å². The number of hydrogen-bond donors (Lipinski definition) is 0. The van der Waals surface area contributed by atoms with Crippen molar-refractivity contribution in [3.63, 3.8) is 0 Å². The van der Waals surface area contributed by atoms with E-state index in [4.69, 9.17) is 0 Å². The molecule has 2 fully saturated rings. The Labute approximate surface area is 69.8 Å². The molecule has 64 valence electrons. The summed E-state index contributed by atoms with van der Waals surface area (Å²) >= 11 is 0. The fourth-order valence-corrected chi connectivity index (χ4v) is 2.78. The van der Waals surface area contributed by atoms with Gasteiger partial charge < -0.3 is 4.90 Å². The molecule has 1 heteroatoms. The number of nitrogens with zero attached hydrogens (tertiary/aromatic N) is 1. The van der Waals surface area contributed by atoms with E-state index in [1.54, 1.807) is 0 Å². The Bertz CT molecular complexity index is 133. The molecule has 1 unspecified atom stereocenters. The van der Waals surface area contributed by atoms with E-state index in [9.17, 15) is 0 Å². The van der Waals surface area contributed by atoms with Gasteiger partial charge in [-0.1, -0.05) is 19.3 Å². The maximum absolute atomic E-state index is 2.51. The van der Waals surface area contributed by atoms with Crippen LogP contribution in [0.5, 0.6) is 0 Å². The van der Waals surface area contributed by atoms with E-state index in [2.05, 4.69) is 11.9 Å². The lowest BCUT2D eigenvalue weighted by atomic mass is 9.75. The molecular weight excluding hydrogens is 134 g/mol. The van der Waals surface area contributed by atoms with Crippen LogP contribution in [0.4, 0.5) is 0 Å². The molecule has 0 amide bonds. The van der Waals surface area contributed by atoms with Crippen LogP contribution in [-0.2, 0) is 0 Å². The highest BCUT2D eigenvalue weighted by Crippen LogP contribution is 2.35. The Kier molecular flexibility index (Phi) is 2.17. The highest BCUT2D eigenvalue weighted by atomic mass is 15.1. The van der Waals surface area contributed by atoms with E-state index < -0.39 is 0 Å². The van der Waals surface area contributed by atoms with E-state index in [-0.39, 0.29) is 0 Å². The summed E-state index contributed by atoms with van der Waals surface area (Å²) in [7, 11) is 2.27. The molecule has 0 aromatic heterocycles. The Morgan fingerprint density at radius 2 is 1.73 bits per heavy atom. The summed E-state index contributed by atoms with van der Waals surface area (Å²) in [5.74, 6) is 2.16. The average molecular weight is 153 g/mol. The van der Waals surface area contributed by atoms with Crippen molar-refractivity contribution in [2.75, 3.05) is 20.1 Å². The molecule has 1 saturated carbocycles. The molecule has 1 aliphatic carbocycles. The minimum atomic E-state index is 1.06. The van der Waals surface area contributed by atoms with Gasteiger partial charge in [-0.2, -0.15) is 0 Å². The molecule has 0 N–H and O–H groups in total. The van der Waals surface area contributed by atoms with E-state index >= 15 is 0 Å². The molecule has 0 aromatic carbocycles. The number of fused-ring (bicyclic) bond motifs is 1. The van der Waals surface area contributed by atoms with Gasteiger partial charge in [0.2, 0.25) is 0 Å². The van der Waals surface area contributed by atoms with Crippen molar-refractivity contribution in [2.45, 2.75) is 32.1 Å². The van der Waals surface area contributed by atoms with Crippen molar-refractivity contribution in [1.29, 1.82) is 0 Å². The van der Waals surface area contributed by atoms with Crippen LogP contribution in [0, 0.1) is 11.8 Å². The quantitative estimate of drug-likeness (QED) is 0.515. The van der Waals surface area contributed by atoms with E-state index in [1.807, 2.05) is 0 Å². The van der Waals surface area contributed by atoms with Gasteiger partial charge >= 0.3 is 0 Å². The highest BCUT2D eigenvalue weighted by Gasteiger charge is 2.29. The largest absolute Gasteiger partial charge is 0.306 e. The number of rotatable bonds is 0. The van der Waals surface area contributed by atoms with E-state index in [0.29, 0.717) is 0 Å². The van der Waals surface area contributed by atoms with Gasteiger partial charge in [-0.15, -0.1) is 0 Å². The minimum absolute atomic E-state index is 1.06. The Morgan fingerprint density at radius 3 is 2.55 bits per heavy atom. The summed E-state index contributed by atoms with van der Waals surface area (Å²) in [5, 5.41) is 0. The normalized spacial score (nSPS) is 40.1. The van der Waals surface area contributed by atoms with E-state index in [0.717, 1.165) is 11.8 Å². The van der Waals surface area contributed by atoms with Crippen LogP contribution >= 0.6 is 0 Å². The minimum Gasteiger partial charge on any atom is -0.306 e. The lowest BCUT2D eigenvalue weighted by molar-refractivity contribution is 0.105. The third-order valence-electron chi connectivity index (χ3n) is 3.49. The number of piperidine rings is 1. The lowest BCUT2D eigenvalue weighted by Crippen LogP contribution is -2.39. The molecule has 0 spiro atoms. The van der Waals surface area contributed by atoms with Gasteiger partial charge in [0.05, 0.1) is 0 Å². The highest BCUT2D eigenvalue weighted by molar-refractivity contribution is 4.81. The zero-order valence-electron chi connectivity index (χ0n) is 7.55. The summed E-state index contributed by atoms with van der Waals surface area (Å²) in [6, 6.07) is 0. The molecule has 0 aromatic rings. The standard InChI is InChI=1S/C10H19N/c1-11-7-6-9-4-2-3-5-10(9)8-11/h9-10H,2-8H2,1H3/t9?,10-/m1/s1. The van der Waals surface area contributed by atoms with E-state index in [1.165, 1.54) is 45.2 Å². The maximum Gasteiger partial charge on any atom is 0.000926 e. The molecule has 2 atom stereocenters. The monoisotopic (exact) mass is 153 g/mol. The lowest BCUT2D eigenvalue weighted by Gasteiger charge is -2.39. The van der Waals surface area contributed by atoms with Crippen LogP contribution in [0.25, 0.3) is 0 Å². The van der Waals surface area contributed by atoms with Crippen LogP contribution in [0.15, 0.2) is 0 Å². The average Bonchev–Trinajstić information content (AvgIpc) is 2.04. The number of hydrogen-bond acceptors (Lipinski definition) is 1. The second-order valence-electron chi connectivity index (χ2n) is 4.36. The van der Waals surface area contributed by atoms with Crippen LogP contribution < -0.4 is 0 Å². The van der Waals surface area contributed by atoms with Gasteiger partial charge in [0.15, 0.2) is 0 Å². The van der Waals surface area contributed by atoms with Gasteiger partial charge in [-0.3, -0.25) is 0 Å². The predicted molar refractivity (Wildman–Crippen MR) is 47.6 cm³/mol. The molecule has 0 radical (unpaired) electrons. The maximum atomic E-state index is 2.51. The molecule has 2 rings (SSSR count). The van der Waals surface area contributed by atoms with Crippen LogP contribution in [0.2, 0.25) is 0 Å². The molecule has 1 heterocycles. The summed E-state index contributed by atoms with van der Waals surface area (Å²) in [4.78, 5) is 2.51. The molecular formula is C10H19N. The summed E-state index contributed by atoms with van der Waals surface area (Å²) in [6.07, 6.45) is 7.51. The molecule has 2 aliphatic rings. The van der Waals surface area contributed by atoms with Crippen molar-refractivity contribution in [2.24, 2.45) is 11.8 Å². The fourth-order valence-electron chi connectivity index (χ4n) is 2.78. The molecule has 11 heavy (non-hydrogen) atoms. The topological polar surface area (TPSA) is 3.24 Å². The predicted octanol–water partition coefficient (Wildman–Crippen LogP) is 2.13. The van der Waals surface area contributed by atoms with Gasteiger partial charge in [0, 0.05) is 6.54 Å². The fraction of sp³-hybridized carbons (Fsp3) is 1.00. The first kappa shape index (κ1) is 7.60. The molecule has 0 bridgehead atoms. The van der Waals surface area contributed by atoms with Gasteiger partial charge in [-0.25, -0.2) is 0 Å². The third kappa shape index (κ3) is 1.58. The summed E-state index contributed by atoms with van der Waals surface area (Å²) < 4.78 is 0. The van der Waals surface area contributed by atoms with Crippen molar-refractivity contribution >= 4 is 0 Å². The Hall–Kier alpha value is -0.0400. The Morgan fingerprint density at radius 1 is 1.00 bits per heavy atom. The van der Waals surface area contributed by atoms with Crippen LogP contribution in [0.1, 0.15) is 32.1 Å². The molecule has 1 aliphatic heterocycles. The SMILES string of the molecule is CN1CCC2CCCC[C@@H]2C1. The first-order valence-electron chi connectivity index (χ1n) is 5.05. The first-order valence-corrected chi connectivity index (χ1v) is 5.05. The first-order chi connectivity index (χ1) is 5.36. The van der Waals surface area contributed by atoms with Crippen molar-refractivity contribution in [3.05, 3.63) is 0 Å². The molecule has 1 nitrogen and oxygen atoms in total. The van der Waals surface area contributed by atoms with Gasteiger partial charge in [0.25, 0.3) is 0 Å². The third-order valence-corrected chi connectivity index (χ3v) is 3.49. The summed E-state index contributed by atoms with van der Waals surface area (Å²) in [5.41, 5.74) is 0. The van der Waals surface area contributed by atoms with Gasteiger partial charge in [0.1, 0.15) is 0 Å². The summed E-state index contributed by atoms with van der Waals surface area (Å²) in [6.45, 7) is 2.73. The second kappa shape index (κ2) is 3.14. The zero-order chi connectivity index (χ0) is 7.68. The molecule has 1 saturated heterocycles. The van der Waals surface area contributed by atoms with Crippen LogP contribution in [-0.4, -0.2) is 25.0 Å². The Balaban J connectivity index is 1.93. The second-order valence-corrected chi connectivity index (χ2v) is 4.36.